The number of carboxylic acid groups (broad SMARTS) is 6. The number of aliphatic hydroxyl groups is 1. The molecule has 60 heavy (non-hydrogen) atoms. The molecule has 0 amide bonds. The summed E-state index contributed by atoms with van der Waals surface area (Å²) in [6.07, 6.45) is 4.81. The van der Waals surface area contributed by atoms with Crippen LogP contribution in [0, 0.1) is 11.6 Å². The average molecular weight is 843 g/mol. The van der Waals surface area contributed by atoms with Gasteiger partial charge in [-0.3, -0.25) is 4.90 Å². The molecule has 3 aromatic carbocycles. The van der Waals surface area contributed by atoms with Gasteiger partial charge >= 0.3 is 35.8 Å². The molecule has 1 heterocycles. The van der Waals surface area contributed by atoms with E-state index in [1.807, 2.05) is 48.5 Å². The van der Waals surface area contributed by atoms with E-state index in [0.29, 0.717) is 49.5 Å². The summed E-state index contributed by atoms with van der Waals surface area (Å²) in [7, 11) is 0. The smallest absolute Gasteiger partial charge is 0.328 e. The van der Waals surface area contributed by atoms with E-state index in [4.69, 9.17) is 36.4 Å². The summed E-state index contributed by atoms with van der Waals surface area (Å²) in [4.78, 5) is 62.1. The zero-order chi connectivity index (χ0) is 45.0. The Morgan fingerprint density at radius 1 is 0.583 bits per heavy atom. The lowest BCUT2D eigenvalue weighted by atomic mass is 9.87. The van der Waals surface area contributed by atoms with Crippen molar-refractivity contribution in [2.24, 2.45) is 0 Å². The number of nitrogen functional groups attached to an aromatic ring is 1. The van der Waals surface area contributed by atoms with E-state index < -0.39 is 41.9 Å². The number of nitrogens with one attached hydrogen (secondary N) is 1. The molecular formula is C41H48F2N4O13. The summed E-state index contributed by atoms with van der Waals surface area (Å²) in [5.41, 5.74) is 9.49. The first-order valence-corrected chi connectivity index (χ1v) is 18.0. The zero-order valence-electron chi connectivity index (χ0n) is 32.2. The van der Waals surface area contributed by atoms with Crippen LogP contribution in [0.4, 0.5) is 20.2 Å². The molecule has 1 fully saturated rings. The Bertz CT molecular complexity index is 1720. The SMILES string of the molecule is Nc1ccc(NCC(O)CN2CCN(CCCC(c3ccc(F)cc3)c3ccc(F)cc3)CC2)cc1.O=C(O)/C=C\C(=O)O.O=C(O)/C=C\C(=O)O.O=C(O)/C=C\C(=O)O. The lowest BCUT2D eigenvalue weighted by molar-refractivity contribution is -0.134. The molecule has 10 N–H and O–H groups in total. The number of benzene rings is 3. The molecule has 4 rings (SSSR count). The second-order valence-corrected chi connectivity index (χ2v) is 12.6. The predicted molar refractivity (Wildman–Crippen MR) is 215 cm³/mol. The van der Waals surface area contributed by atoms with Crippen LogP contribution >= 0.6 is 0 Å². The maximum Gasteiger partial charge on any atom is 0.328 e. The Kier molecular flexibility index (Phi) is 24.2. The summed E-state index contributed by atoms with van der Waals surface area (Å²) in [5.74, 6) is -7.93. The number of nitrogens with two attached hydrogens (primary N) is 1. The van der Waals surface area contributed by atoms with Crippen molar-refractivity contribution in [1.82, 2.24) is 9.80 Å². The van der Waals surface area contributed by atoms with Crippen LogP contribution in [0.25, 0.3) is 0 Å². The van der Waals surface area contributed by atoms with Crippen molar-refractivity contribution in [2.45, 2.75) is 24.9 Å². The van der Waals surface area contributed by atoms with E-state index in [1.165, 1.54) is 24.3 Å². The summed E-state index contributed by atoms with van der Waals surface area (Å²) < 4.78 is 26.9. The second-order valence-electron chi connectivity index (χ2n) is 12.6. The van der Waals surface area contributed by atoms with Crippen LogP contribution in [-0.2, 0) is 28.8 Å². The first-order chi connectivity index (χ1) is 28.3. The predicted octanol–water partition coefficient (Wildman–Crippen LogP) is 3.69. The number of nitrogens with zero attached hydrogens (tertiary/aromatic N) is 2. The van der Waals surface area contributed by atoms with Crippen molar-refractivity contribution in [1.29, 1.82) is 0 Å². The van der Waals surface area contributed by atoms with E-state index in [-0.39, 0.29) is 17.6 Å². The van der Waals surface area contributed by atoms with Crippen molar-refractivity contribution >= 4 is 47.2 Å². The highest BCUT2D eigenvalue weighted by Crippen LogP contribution is 2.30. The van der Waals surface area contributed by atoms with Crippen LogP contribution in [0.15, 0.2) is 109 Å². The van der Waals surface area contributed by atoms with Crippen molar-refractivity contribution in [3.05, 3.63) is 132 Å². The van der Waals surface area contributed by atoms with Gasteiger partial charge in [0.1, 0.15) is 11.6 Å². The molecule has 1 unspecified atom stereocenters. The topological polar surface area (TPSA) is 289 Å². The number of anilines is 2. The Morgan fingerprint density at radius 3 is 1.28 bits per heavy atom. The number of halogens is 2. The molecule has 1 saturated heterocycles. The molecular weight excluding hydrogens is 794 g/mol. The van der Waals surface area contributed by atoms with Crippen LogP contribution in [0.1, 0.15) is 29.9 Å². The fourth-order valence-corrected chi connectivity index (χ4v) is 5.26. The highest BCUT2D eigenvalue weighted by atomic mass is 19.1. The van der Waals surface area contributed by atoms with Gasteiger partial charge in [0, 0.05) is 93.0 Å². The van der Waals surface area contributed by atoms with Gasteiger partial charge in [0.15, 0.2) is 0 Å². The van der Waals surface area contributed by atoms with E-state index in [0.717, 1.165) is 68.1 Å². The molecule has 324 valence electrons. The molecule has 0 spiro atoms. The number of piperazine rings is 1. The van der Waals surface area contributed by atoms with Crippen molar-refractivity contribution in [2.75, 3.05) is 56.9 Å². The van der Waals surface area contributed by atoms with Crippen LogP contribution in [0.3, 0.4) is 0 Å². The zero-order valence-corrected chi connectivity index (χ0v) is 32.2. The van der Waals surface area contributed by atoms with E-state index in [9.17, 15) is 42.7 Å². The minimum absolute atomic E-state index is 0.108. The lowest BCUT2D eigenvalue weighted by Gasteiger charge is -2.36. The third kappa shape index (κ3) is 25.3. The molecule has 0 aromatic heterocycles. The first-order valence-electron chi connectivity index (χ1n) is 18.0. The number of β-amino-alcohol motifs (C(OH)–C–C–N with tert-alkyl or cyclic N) is 1. The van der Waals surface area contributed by atoms with Gasteiger partial charge in [-0.1, -0.05) is 24.3 Å². The second kappa shape index (κ2) is 28.4. The van der Waals surface area contributed by atoms with Gasteiger partial charge in [0.25, 0.3) is 0 Å². The van der Waals surface area contributed by atoms with Gasteiger partial charge < -0.3 is 51.7 Å². The molecule has 0 aliphatic carbocycles. The fraction of sp³-hybridized carbons (Fsp3) is 0.268. The summed E-state index contributed by atoms with van der Waals surface area (Å²) >= 11 is 0. The number of aliphatic carboxylic acids is 6. The maximum absolute atomic E-state index is 13.5. The highest BCUT2D eigenvalue weighted by Gasteiger charge is 2.20. The van der Waals surface area contributed by atoms with Gasteiger partial charge in [0.2, 0.25) is 0 Å². The number of carbonyl (C=O) groups is 6. The highest BCUT2D eigenvalue weighted by molar-refractivity contribution is 5.90. The molecule has 0 bridgehead atoms. The van der Waals surface area contributed by atoms with Gasteiger partial charge in [0.05, 0.1) is 6.10 Å². The van der Waals surface area contributed by atoms with Crippen LogP contribution in [0.5, 0.6) is 0 Å². The molecule has 0 radical (unpaired) electrons. The molecule has 17 nitrogen and oxygen atoms in total. The Labute approximate surface area is 343 Å². The third-order valence-corrected chi connectivity index (χ3v) is 8.00. The molecule has 1 aliphatic heterocycles. The van der Waals surface area contributed by atoms with E-state index >= 15 is 0 Å². The Balaban J connectivity index is 0.000000609. The Hall–Kier alpha value is -6.96. The standard InChI is InChI=1S/C29H36F2N4O.3C4H4O4/c30-24-7-3-22(4-8-24)29(23-5-9-25(31)10-6-23)2-1-15-34-16-18-35(19-17-34)21-28(36)20-33-27-13-11-26(32)12-14-27;3*5-3(6)1-2-4(7)8/h3-14,28-29,33,36H,1-2,15-21,32H2;3*1-2H,(H,5,6)(H,7,8)/b;3*2-1-. The fourth-order valence-electron chi connectivity index (χ4n) is 5.26. The van der Waals surface area contributed by atoms with E-state index in [1.54, 1.807) is 0 Å². The number of hydrogen-bond acceptors (Lipinski definition) is 11. The van der Waals surface area contributed by atoms with Crippen LogP contribution < -0.4 is 11.1 Å². The monoisotopic (exact) mass is 842 g/mol. The normalized spacial score (nSPS) is 13.3. The number of hydrogen-bond donors (Lipinski definition) is 9. The van der Waals surface area contributed by atoms with Crippen molar-refractivity contribution in [3.8, 4) is 0 Å². The van der Waals surface area contributed by atoms with Gasteiger partial charge in [-0.2, -0.15) is 0 Å². The quantitative estimate of drug-likeness (QED) is 0.0692. The van der Waals surface area contributed by atoms with Crippen LogP contribution in [-0.4, -0.2) is 133 Å². The van der Waals surface area contributed by atoms with E-state index in [2.05, 4.69) is 15.1 Å². The third-order valence-electron chi connectivity index (χ3n) is 8.00. The number of rotatable bonds is 17. The number of carboxylic acids is 6. The summed E-state index contributed by atoms with van der Waals surface area (Å²) in [5, 5.41) is 60.6. The molecule has 1 aliphatic rings. The van der Waals surface area contributed by atoms with Gasteiger partial charge in [-0.05, 0) is 79.0 Å². The molecule has 0 saturated carbocycles. The Morgan fingerprint density at radius 2 is 0.933 bits per heavy atom. The lowest BCUT2D eigenvalue weighted by Crippen LogP contribution is -2.49. The van der Waals surface area contributed by atoms with Crippen molar-refractivity contribution in [3.63, 3.8) is 0 Å². The number of aliphatic hydroxyl groups excluding tert-OH is 1. The minimum atomic E-state index is -1.26. The molecule has 19 heteroatoms. The largest absolute Gasteiger partial charge is 0.478 e. The van der Waals surface area contributed by atoms with Gasteiger partial charge in [-0.15, -0.1) is 0 Å². The minimum Gasteiger partial charge on any atom is -0.478 e. The molecule has 1 atom stereocenters. The van der Waals surface area contributed by atoms with Crippen molar-refractivity contribution < 1.29 is 73.3 Å². The summed E-state index contributed by atoms with van der Waals surface area (Å²) in [6.45, 7) is 5.92. The first kappa shape index (κ1) is 51.1. The van der Waals surface area contributed by atoms with Crippen LogP contribution in [0.2, 0.25) is 0 Å². The van der Waals surface area contributed by atoms with Gasteiger partial charge in [-0.25, -0.2) is 37.5 Å². The summed E-state index contributed by atoms with van der Waals surface area (Å²) in [6, 6.07) is 20.8. The average Bonchev–Trinajstić information content (AvgIpc) is 3.19. The maximum atomic E-state index is 13.5. The molecule has 3 aromatic rings.